The Morgan fingerprint density at radius 3 is 2.03 bits per heavy atom. The number of benzene rings is 2. The number of carbonyl (C=O) groups excluding carboxylic acids is 1. The summed E-state index contributed by atoms with van der Waals surface area (Å²) in [5.41, 5.74) is 0.625. The fraction of sp³-hybridized carbons (Fsp3) is 0.0556. The molecule has 0 saturated carbocycles. The SMILES string of the molecule is CC(=O)Nc1ccc(Nc2ncnc(Nc3ccc(F)c(F)c3)c2[N+](=O)[O-])cc1. The molecule has 1 amide bonds. The van der Waals surface area contributed by atoms with Gasteiger partial charge in [-0.2, -0.15) is 0 Å². The second-order valence-corrected chi connectivity index (χ2v) is 5.81. The van der Waals surface area contributed by atoms with Crippen molar-refractivity contribution in [3.05, 3.63) is 70.5 Å². The zero-order valence-corrected chi connectivity index (χ0v) is 14.9. The molecule has 0 aliphatic rings. The van der Waals surface area contributed by atoms with Gasteiger partial charge in [-0.25, -0.2) is 18.7 Å². The summed E-state index contributed by atoms with van der Waals surface area (Å²) in [5.74, 6) is -2.69. The van der Waals surface area contributed by atoms with Crippen molar-refractivity contribution in [3.8, 4) is 0 Å². The monoisotopic (exact) mass is 400 g/mol. The molecule has 0 radical (unpaired) electrons. The summed E-state index contributed by atoms with van der Waals surface area (Å²) in [6.45, 7) is 1.37. The van der Waals surface area contributed by atoms with Gasteiger partial charge in [-0.15, -0.1) is 0 Å². The molecular weight excluding hydrogens is 386 g/mol. The summed E-state index contributed by atoms with van der Waals surface area (Å²) in [5, 5.41) is 19.6. The number of hydrogen-bond donors (Lipinski definition) is 3. The molecule has 29 heavy (non-hydrogen) atoms. The summed E-state index contributed by atoms with van der Waals surface area (Å²) in [6, 6.07) is 9.38. The minimum absolute atomic E-state index is 0.0799. The van der Waals surface area contributed by atoms with Gasteiger partial charge in [-0.1, -0.05) is 0 Å². The lowest BCUT2D eigenvalue weighted by atomic mass is 10.2. The van der Waals surface area contributed by atoms with E-state index in [1.807, 2.05) is 0 Å². The largest absolute Gasteiger partial charge is 0.353 e. The second kappa shape index (κ2) is 8.25. The van der Waals surface area contributed by atoms with Gasteiger partial charge in [0.1, 0.15) is 6.33 Å². The number of nitrogens with zero attached hydrogens (tertiary/aromatic N) is 3. The molecule has 1 heterocycles. The second-order valence-electron chi connectivity index (χ2n) is 5.81. The van der Waals surface area contributed by atoms with Crippen molar-refractivity contribution < 1.29 is 18.5 Å². The number of rotatable bonds is 6. The third kappa shape index (κ3) is 4.77. The van der Waals surface area contributed by atoms with E-state index in [1.165, 1.54) is 13.0 Å². The quantitative estimate of drug-likeness (QED) is 0.420. The molecule has 0 bridgehead atoms. The summed E-state index contributed by atoms with van der Waals surface area (Å²) >= 11 is 0. The first-order chi connectivity index (χ1) is 13.8. The van der Waals surface area contributed by atoms with Crippen LogP contribution in [0.1, 0.15) is 6.92 Å². The molecule has 0 saturated heterocycles. The summed E-state index contributed by atoms with van der Waals surface area (Å²) in [7, 11) is 0. The Kier molecular flexibility index (Phi) is 5.58. The van der Waals surface area contributed by atoms with E-state index >= 15 is 0 Å². The molecule has 3 aromatic rings. The topological polar surface area (TPSA) is 122 Å². The number of halogens is 2. The molecule has 0 fully saturated rings. The van der Waals surface area contributed by atoms with Crippen molar-refractivity contribution in [1.29, 1.82) is 0 Å². The van der Waals surface area contributed by atoms with E-state index in [0.29, 0.717) is 11.4 Å². The van der Waals surface area contributed by atoms with Crippen LogP contribution in [0.4, 0.5) is 43.2 Å². The summed E-state index contributed by atoms with van der Waals surface area (Å²) < 4.78 is 26.5. The van der Waals surface area contributed by atoms with Crippen LogP contribution in [0, 0.1) is 21.7 Å². The normalized spacial score (nSPS) is 10.3. The van der Waals surface area contributed by atoms with E-state index in [-0.39, 0.29) is 23.2 Å². The maximum atomic E-state index is 13.4. The lowest BCUT2D eigenvalue weighted by Crippen LogP contribution is -2.07. The first-order valence-corrected chi connectivity index (χ1v) is 8.19. The zero-order valence-electron chi connectivity index (χ0n) is 14.9. The lowest BCUT2D eigenvalue weighted by Gasteiger charge is -2.11. The smallest absolute Gasteiger partial charge is 0.334 e. The fourth-order valence-corrected chi connectivity index (χ4v) is 2.42. The van der Waals surface area contributed by atoms with E-state index < -0.39 is 22.2 Å². The van der Waals surface area contributed by atoms with Crippen molar-refractivity contribution in [1.82, 2.24) is 9.97 Å². The number of amides is 1. The third-order valence-corrected chi connectivity index (χ3v) is 3.66. The maximum absolute atomic E-state index is 13.4. The van der Waals surface area contributed by atoms with Gasteiger partial charge in [0.05, 0.1) is 4.92 Å². The Morgan fingerprint density at radius 1 is 0.931 bits per heavy atom. The summed E-state index contributed by atoms with van der Waals surface area (Å²) in [4.78, 5) is 29.7. The van der Waals surface area contributed by atoms with E-state index in [2.05, 4.69) is 25.9 Å². The minimum Gasteiger partial charge on any atom is -0.334 e. The van der Waals surface area contributed by atoms with Crippen molar-refractivity contribution in [2.75, 3.05) is 16.0 Å². The van der Waals surface area contributed by atoms with Crippen LogP contribution in [0.5, 0.6) is 0 Å². The van der Waals surface area contributed by atoms with Crippen LogP contribution in [0.3, 0.4) is 0 Å². The zero-order chi connectivity index (χ0) is 21.0. The Hall–Kier alpha value is -4.15. The number of aromatic nitrogens is 2. The molecule has 3 N–H and O–H groups in total. The van der Waals surface area contributed by atoms with Gasteiger partial charge in [-0.05, 0) is 36.4 Å². The third-order valence-electron chi connectivity index (χ3n) is 3.66. The molecule has 3 rings (SSSR count). The van der Waals surface area contributed by atoms with Crippen molar-refractivity contribution in [2.45, 2.75) is 6.92 Å². The van der Waals surface area contributed by atoms with Crippen LogP contribution in [-0.4, -0.2) is 20.8 Å². The highest BCUT2D eigenvalue weighted by Crippen LogP contribution is 2.33. The molecule has 0 atom stereocenters. The Bertz CT molecular complexity index is 1080. The molecule has 11 heteroatoms. The lowest BCUT2D eigenvalue weighted by molar-refractivity contribution is -0.383. The first kappa shape index (κ1) is 19.6. The van der Waals surface area contributed by atoms with Crippen LogP contribution in [0.15, 0.2) is 48.8 Å². The fourth-order valence-electron chi connectivity index (χ4n) is 2.42. The van der Waals surface area contributed by atoms with Crippen LogP contribution in [0.2, 0.25) is 0 Å². The van der Waals surface area contributed by atoms with Gasteiger partial charge in [0.25, 0.3) is 0 Å². The Labute approximate surface area is 163 Å². The molecule has 0 aliphatic carbocycles. The predicted octanol–water partition coefficient (Wildman–Crippen LogP) is 4.11. The number of anilines is 5. The highest BCUT2D eigenvalue weighted by molar-refractivity contribution is 5.89. The van der Waals surface area contributed by atoms with E-state index in [9.17, 15) is 23.7 Å². The molecule has 0 spiro atoms. The number of nitrogens with one attached hydrogen (secondary N) is 3. The van der Waals surface area contributed by atoms with Crippen LogP contribution < -0.4 is 16.0 Å². The Morgan fingerprint density at radius 2 is 1.48 bits per heavy atom. The Balaban J connectivity index is 1.89. The maximum Gasteiger partial charge on any atom is 0.353 e. The van der Waals surface area contributed by atoms with Crippen molar-refractivity contribution >= 4 is 40.3 Å². The van der Waals surface area contributed by atoms with Gasteiger partial charge in [-0.3, -0.25) is 14.9 Å². The molecule has 1 aromatic heterocycles. The van der Waals surface area contributed by atoms with Gasteiger partial charge in [0.2, 0.25) is 17.5 Å². The highest BCUT2D eigenvalue weighted by atomic mass is 19.2. The van der Waals surface area contributed by atoms with Crippen molar-refractivity contribution in [3.63, 3.8) is 0 Å². The van der Waals surface area contributed by atoms with Crippen LogP contribution >= 0.6 is 0 Å². The van der Waals surface area contributed by atoms with E-state index in [1.54, 1.807) is 24.3 Å². The van der Waals surface area contributed by atoms with Crippen LogP contribution in [-0.2, 0) is 4.79 Å². The number of nitro groups is 1. The minimum atomic E-state index is -1.11. The summed E-state index contributed by atoms with van der Waals surface area (Å²) in [6.07, 6.45) is 1.09. The molecule has 148 valence electrons. The van der Waals surface area contributed by atoms with Crippen molar-refractivity contribution in [2.24, 2.45) is 0 Å². The predicted molar refractivity (Wildman–Crippen MR) is 102 cm³/mol. The molecule has 0 unspecified atom stereocenters. The number of hydrogen-bond acceptors (Lipinski definition) is 7. The van der Waals surface area contributed by atoms with E-state index in [0.717, 1.165) is 18.5 Å². The highest BCUT2D eigenvalue weighted by Gasteiger charge is 2.23. The average molecular weight is 400 g/mol. The molecular formula is C18H14F2N6O3. The molecule has 0 aliphatic heterocycles. The van der Waals surface area contributed by atoms with Gasteiger partial charge >= 0.3 is 5.69 Å². The van der Waals surface area contributed by atoms with E-state index in [4.69, 9.17) is 0 Å². The van der Waals surface area contributed by atoms with Gasteiger partial charge in [0.15, 0.2) is 11.6 Å². The van der Waals surface area contributed by atoms with Crippen LogP contribution in [0.25, 0.3) is 0 Å². The number of carbonyl (C=O) groups is 1. The molecule has 2 aromatic carbocycles. The first-order valence-electron chi connectivity index (χ1n) is 8.19. The standard InChI is InChI=1S/C18H14F2N6O3/c1-10(27)23-11-2-4-12(5-3-11)24-17-16(26(28)29)18(22-9-21-17)25-13-6-7-14(19)15(20)8-13/h2-9H,1H3,(H,23,27)(H2,21,22,24,25). The van der Waals surface area contributed by atoms with Gasteiger partial charge in [0, 0.05) is 30.1 Å². The average Bonchev–Trinajstić information content (AvgIpc) is 2.66. The molecule has 9 nitrogen and oxygen atoms in total. The van der Waals surface area contributed by atoms with Gasteiger partial charge < -0.3 is 16.0 Å².